The van der Waals surface area contributed by atoms with Crippen molar-refractivity contribution in [1.82, 2.24) is 14.9 Å². The maximum Gasteiger partial charge on any atom is 0.181 e. The highest BCUT2D eigenvalue weighted by Gasteiger charge is 2.50. The summed E-state index contributed by atoms with van der Waals surface area (Å²) in [5.74, 6) is 0. The highest BCUT2D eigenvalue weighted by molar-refractivity contribution is 6.42. The third kappa shape index (κ3) is 2.94. The highest BCUT2D eigenvalue weighted by atomic mass is 35.5. The number of hydrogen-bond donors (Lipinski definition) is 2. The second-order valence-electron chi connectivity index (χ2n) is 6.02. The van der Waals surface area contributed by atoms with Gasteiger partial charge in [-0.2, -0.15) is 0 Å². The SMILES string of the molecule is O[C@H]1[C@H](NCc2ccc(Cl)c(Cl)c2)[C@H]2CO[C@H](O2)[C@@H]1n1ccnc1. The zero-order chi connectivity index (χ0) is 16.7. The monoisotopic (exact) mass is 369 g/mol. The van der Waals surface area contributed by atoms with Crippen LogP contribution in [0.2, 0.25) is 10.0 Å². The molecule has 0 aliphatic carbocycles. The van der Waals surface area contributed by atoms with E-state index < -0.39 is 12.4 Å². The summed E-state index contributed by atoms with van der Waals surface area (Å²) in [6, 6.07) is 4.88. The quantitative estimate of drug-likeness (QED) is 0.862. The molecule has 6 nitrogen and oxygen atoms in total. The molecular formula is C16H17Cl2N3O3. The summed E-state index contributed by atoms with van der Waals surface area (Å²) < 4.78 is 13.4. The van der Waals surface area contributed by atoms with Gasteiger partial charge in [0.25, 0.3) is 0 Å². The van der Waals surface area contributed by atoms with Crippen molar-refractivity contribution in [3.05, 3.63) is 52.5 Å². The number of aliphatic hydroxyl groups is 1. The summed E-state index contributed by atoms with van der Waals surface area (Å²) in [4.78, 5) is 4.04. The second-order valence-corrected chi connectivity index (χ2v) is 6.84. The van der Waals surface area contributed by atoms with E-state index in [2.05, 4.69) is 10.3 Å². The van der Waals surface area contributed by atoms with Crippen LogP contribution in [0.5, 0.6) is 0 Å². The minimum absolute atomic E-state index is 0.187. The van der Waals surface area contributed by atoms with Gasteiger partial charge in [0.2, 0.25) is 0 Å². The van der Waals surface area contributed by atoms with E-state index in [-0.39, 0.29) is 18.2 Å². The number of halogens is 2. The van der Waals surface area contributed by atoms with E-state index in [1.807, 2.05) is 16.7 Å². The lowest BCUT2D eigenvalue weighted by Gasteiger charge is -2.39. The predicted octanol–water partition coefficient (Wildman–Crippen LogP) is 2.01. The lowest BCUT2D eigenvalue weighted by molar-refractivity contribution is -0.165. The Hall–Kier alpha value is -1.15. The number of benzene rings is 1. The average Bonchev–Trinajstić information content (AvgIpc) is 3.22. The first kappa shape index (κ1) is 16.3. The smallest absolute Gasteiger partial charge is 0.181 e. The van der Waals surface area contributed by atoms with E-state index in [0.29, 0.717) is 23.2 Å². The predicted molar refractivity (Wildman–Crippen MR) is 89.0 cm³/mol. The minimum atomic E-state index is -0.659. The van der Waals surface area contributed by atoms with Gasteiger partial charge in [-0.05, 0) is 17.7 Å². The van der Waals surface area contributed by atoms with Crippen molar-refractivity contribution in [2.45, 2.75) is 37.1 Å². The van der Waals surface area contributed by atoms with Crippen LogP contribution in [0.3, 0.4) is 0 Å². The molecule has 2 bridgehead atoms. The Morgan fingerprint density at radius 3 is 2.96 bits per heavy atom. The molecule has 0 saturated carbocycles. The average molecular weight is 370 g/mol. The van der Waals surface area contributed by atoms with Gasteiger partial charge < -0.3 is 24.5 Å². The first-order chi connectivity index (χ1) is 11.6. The fourth-order valence-electron chi connectivity index (χ4n) is 3.30. The summed E-state index contributed by atoms with van der Waals surface area (Å²) in [6.45, 7) is 0.992. The Kier molecular flexibility index (Phi) is 4.51. The van der Waals surface area contributed by atoms with E-state index in [1.165, 1.54) is 0 Å². The number of fused-ring (bicyclic) bond motifs is 2. The van der Waals surface area contributed by atoms with Crippen molar-refractivity contribution in [2.24, 2.45) is 0 Å². The van der Waals surface area contributed by atoms with Gasteiger partial charge in [-0.25, -0.2) is 4.98 Å². The van der Waals surface area contributed by atoms with E-state index in [0.717, 1.165) is 5.56 Å². The van der Waals surface area contributed by atoms with E-state index in [4.69, 9.17) is 32.7 Å². The van der Waals surface area contributed by atoms with Crippen molar-refractivity contribution >= 4 is 23.2 Å². The molecule has 24 heavy (non-hydrogen) atoms. The van der Waals surface area contributed by atoms with Crippen LogP contribution in [0.4, 0.5) is 0 Å². The topological polar surface area (TPSA) is 68.5 Å². The summed E-state index contributed by atoms with van der Waals surface area (Å²) in [7, 11) is 0. The van der Waals surface area contributed by atoms with Crippen LogP contribution in [-0.2, 0) is 16.0 Å². The number of nitrogens with zero attached hydrogens (tertiary/aromatic N) is 2. The lowest BCUT2D eigenvalue weighted by Crippen LogP contribution is -2.57. The normalized spacial score (nSPS) is 32.2. The van der Waals surface area contributed by atoms with Crippen molar-refractivity contribution < 1.29 is 14.6 Å². The molecule has 4 rings (SSSR count). The Bertz CT molecular complexity index is 713. The van der Waals surface area contributed by atoms with E-state index in [9.17, 15) is 5.11 Å². The number of rotatable bonds is 4. The number of ether oxygens (including phenoxy) is 2. The van der Waals surface area contributed by atoms with Gasteiger partial charge in [0.1, 0.15) is 12.1 Å². The molecule has 2 aromatic rings. The molecule has 0 spiro atoms. The Morgan fingerprint density at radius 1 is 1.33 bits per heavy atom. The number of nitrogens with one attached hydrogen (secondary N) is 1. The molecule has 2 aliphatic rings. The van der Waals surface area contributed by atoms with E-state index >= 15 is 0 Å². The Balaban J connectivity index is 1.50. The molecule has 8 heteroatoms. The van der Waals surface area contributed by atoms with Crippen LogP contribution >= 0.6 is 23.2 Å². The molecule has 1 aromatic heterocycles. The van der Waals surface area contributed by atoms with E-state index in [1.54, 1.807) is 24.8 Å². The second kappa shape index (κ2) is 6.63. The van der Waals surface area contributed by atoms with Crippen LogP contribution in [0, 0.1) is 0 Å². The van der Waals surface area contributed by atoms with Gasteiger partial charge in [0.05, 0.1) is 35.1 Å². The van der Waals surface area contributed by atoms with Crippen molar-refractivity contribution in [1.29, 1.82) is 0 Å². The molecule has 0 amide bonds. The zero-order valence-electron chi connectivity index (χ0n) is 12.7. The molecule has 1 aromatic carbocycles. The van der Waals surface area contributed by atoms with Crippen LogP contribution in [0.25, 0.3) is 0 Å². The van der Waals surface area contributed by atoms with Crippen molar-refractivity contribution in [3.63, 3.8) is 0 Å². The molecule has 0 unspecified atom stereocenters. The van der Waals surface area contributed by atoms with Crippen molar-refractivity contribution in [3.8, 4) is 0 Å². The molecule has 2 aliphatic heterocycles. The number of hydrogen-bond acceptors (Lipinski definition) is 5. The van der Waals surface area contributed by atoms with Crippen molar-refractivity contribution in [2.75, 3.05) is 6.61 Å². The highest BCUT2D eigenvalue weighted by Crippen LogP contribution is 2.35. The largest absolute Gasteiger partial charge is 0.389 e. The third-order valence-corrected chi connectivity index (χ3v) is 5.26. The lowest BCUT2D eigenvalue weighted by atomic mass is 9.95. The summed E-state index contributed by atoms with van der Waals surface area (Å²) in [5.41, 5.74) is 0.983. The molecule has 5 atom stereocenters. The van der Waals surface area contributed by atoms with Crippen LogP contribution < -0.4 is 5.32 Å². The fraction of sp³-hybridized carbons (Fsp3) is 0.438. The van der Waals surface area contributed by atoms with Gasteiger partial charge in [-0.15, -0.1) is 0 Å². The van der Waals surface area contributed by atoms with Gasteiger partial charge >= 0.3 is 0 Å². The molecular weight excluding hydrogens is 353 g/mol. The number of imidazole rings is 1. The first-order valence-corrected chi connectivity index (χ1v) is 8.49. The molecule has 128 valence electrons. The third-order valence-electron chi connectivity index (χ3n) is 4.53. The summed E-state index contributed by atoms with van der Waals surface area (Å²) in [5, 5.41) is 15.2. The molecule has 2 fully saturated rings. The Morgan fingerprint density at radius 2 is 2.21 bits per heavy atom. The molecule has 0 radical (unpaired) electrons. The van der Waals surface area contributed by atoms with Crippen LogP contribution in [-0.4, -0.2) is 45.8 Å². The minimum Gasteiger partial charge on any atom is -0.389 e. The molecule has 2 N–H and O–H groups in total. The number of aliphatic hydroxyl groups excluding tert-OH is 1. The first-order valence-electron chi connectivity index (χ1n) is 7.73. The standard InChI is InChI=1S/C16H17Cl2N3O3/c17-10-2-1-9(5-11(10)18)6-20-13-12-7-23-16(24-12)14(15(13)22)21-4-3-19-8-21/h1-5,8,12-16,20,22H,6-7H2/t12-,13-,14-,15+,16-/m1/s1. The fourth-order valence-corrected chi connectivity index (χ4v) is 3.62. The molecule has 3 heterocycles. The Labute approximate surface area is 149 Å². The number of aromatic nitrogens is 2. The summed E-state index contributed by atoms with van der Waals surface area (Å²) >= 11 is 12.0. The van der Waals surface area contributed by atoms with Gasteiger partial charge in [-0.3, -0.25) is 0 Å². The van der Waals surface area contributed by atoms with Gasteiger partial charge in [0, 0.05) is 18.9 Å². The van der Waals surface area contributed by atoms with Gasteiger partial charge in [-0.1, -0.05) is 29.3 Å². The van der Waals surface area contributed by atoms with Gasteiger partial charge in [0.15, 0.2) is 6.29 Å². The maximum absolute atomic E-state index is 10.8. The zero-order valence-corrected chi connectivity index (χ0v) is 14.2. The summed E-state index contributed by atoms with van der Waals surface area (Å²) in [6.07, 6.45) is 3.83. The van der Waals surface area contributed by atoms with Crippen LogP contribution in [0.15, 0.2) is 36.9 Å². The van der Waals surface area contributed by atoms with Crippen LogP contribution in [0.1, 0.15) is 11.6 Å². The molecule has 2 saturated heterocycles. The maximum atomic E-state index is 10.8.